The van der Waals surface area contributed by atoms with Gasteiger partial charge in [0.15, 0.2) is 0 Å². The Kier molecular flexibility index (Phi) is 10.6. The first-order valence-electron chi connectivity index (χ1n) is 6.88. The molecule has 2 heteroatoms. The molecular weight excluding hydrogens is 181 g/mol. The maximum Gasteiger partial charge on any atom is 0.105 e. The highest BCUT2D eigenvalue weighted by molar-refractivity contribution is 6.11. The van der Waals surface area contributed by atoms with E-state index in [1.807, 2.05) is 0 Å². The Balaban J connectivity index is 2.93. The molecule has 2 N–H and O–H groups in total. The predicted molar refractivity (Wildman–Crippen MR) is 73.2 cm³/mol. The molecule has 0 aliphatic heterocycles. The summed E-state index contributed by atoms with van der Waals surface area (Å²) in [5.41, 5.74) is 5.70. The maximum absolute atomic E-state index is 5.70. The highest BCUT2D eigenvalue weighted by atomic mass is 14.6. The summed E-state index contributed by atoms with van der Waals surface area (Å²) in [6, 6.07) is 0.399. The fraction of sp³-hybridized carbons (Fsp3) is 1.00. The van der Waals surface area contributed by atoms with E-state index in [9.17, 15) is 0 Å². The number of unbranched alkanes of at least 4 members (excludes halogenated alkanes) is 6. The highest BCUT2D eigenvalue weighted by Gasteiger charge is 1.96. The summed E-state index contributed by atoms with van der Waals surface area (Å²) in [6.45, 7) is 4.42. The third kappa shape index (κ3) is 14.0. The van der Waals surface area contributed by atoms with E-state index in [-0.39, 0.29) is 0 Å². The molecular formula is C13H30BN. The van der Waals surface area contributed by atoms with Crippen LogP contribution in [0.4, 0.5) is 0 Å². The SMILES string of the molecule is BC(C)CCCCCCCCCC(C)N. The van der Waals surface area contributed by atoms with Gasteiger partial charge in [0.1, 0.15) is 7.85 Å². The number of hydrogen-bond acceptors (Lipinski definition) is 1. The van der Waals surface area contributed by atoms with Crippen molar-refractivity contribution in [1.29, 1.82) is 0 Å². The molecule has 0 aliphatic rings. The summed E-state index contributed by atoms with van der Waals surface area (Å²) < 4.78 is 0. The lowest BCUT2D eigenvalue weighted by Gasteiger charge is -2.05. The summed E-state index contributed by atoms with van der Waals surface area (Å²) in [5.74, 6) is 0.885. The third-order valence-corrected chi connectivity index (χ3v) is 2.94. The fourth-order valence-electron chi connectivity index (χ4n) is 1.90. The molecule has 0 saturated carbocycles. The first-order valence-corrected chi connectivity index (χ1v) is 6.88. The van der Waals surface area contributed by atoms with Gasteiger partial charge in [0.25, 0.3) is 0 Å². The van der Waals surface area contributed by atoms with E-state index in [1.54, 1.807) is 0 Å². The molecule has 0 heterocycles. The monoisotopic (exact) mass is 211 g/mol. The Morgan fingerprint density at radius 2 is 1.20 bits per heavy atom. The van der Waals surface area contributed by atoms with E-state index in [0.717, 1.165) is 5.82 Å². The van der Waals surface area contributed by atoms with E-state index < -0.39 is 0 Å². The van der Waals surface area contributed by atoms with Gasteiger partial charge in [-0.15, -0.1) is 0 Å². The Bertz CT molecular complexity index is 110. The average Bonchev–Trinajstić information content (AvgIpc) is 2.14. The molecule has 0 spiro atoms. The normalized spacial score (nSPS) is 15.1. The van der Waals surface area contributed by atoms with Crippen LogP contribution in [0.5, 0.6) is 0 Å². The van der Waals surface area contributed by atoms with Gasteiger partial charge in [0.2, 0.25) is 0 Å². The lowest BCUT2D eigenvalue weighted by atomic mass is 9.85. The summed E-state index contributed by atoms with van der Waals surface area (Å²) in [7, 11) is 2.31. The van der Waals surface area contributed by atoms with Gasteiger partial charge in [-0.3, -0.25) is 0 Å². The minimum atomic E-state index is 0.399. The van der Waals surface area contributed by atoms with Gasteiger partial charge < -0.3 is 5.73 Å². The number of rotatable bonds is 10. The summed E-state index contributed by atoms with van der Waals surface area (Å²) in [5, 5.41) is 0. The number of nitrogens with two attached hydrogens (primary N) is 1. The zero-order chi connectivity index (χ0) is 11.5. The molecule has 0 aromatic carbocycles. The standard InChI is InChI=1S/C13H30BN/c1-12(14)10-8-6-4-3-5-7-9-11-13(2)15/h12-13H,3-11,14-15H2,1-2H3. The highest BCUT2D eigenvalue weighted by Crippen LogP contribution is 2.13. The van der Waals surface area contributed by atoms with Crippen LogP contribution in [0, 0.1) is 0 Å². The second-order valence-corrected chi connectivity index (χ2v) is 5.42. The van der Waals surface area contributed by atoms with Crippen LogP contribution in [0.25, 0.3) is 0 Å². The second-order valence-electron chi connectivity index (χ2n) is 5.42. The van der Waals surface area contributed by atoms with Crippen LogP contribution in [-0.4, -0.2) is 13.9 Å². The van der Waals surface area contributed by atoms with Crippen molar-refractivity contribution < 1.29 is 0 Å². The lowest BCUT2D eigenvalue weighted by molar-refractivity contribution is 0.537. The molecule has 15 heavy (non-hydrogen) atoms. The Morgan fingerprint density at radius 1 is 0.800 bits per heavy atom. The molecule has 0 saturated heterocycles. The van der Waals surface area contributed by atoms with Crippen molar-refractivity contribution in [2.45, 2.75) is 83.5 Å². The van der Waals surface area contributed by atoms with Gasteiger partial charge in [-0.2, -0.15) is 0 Å². The maximum atomic E-state index is 5.70. The first-order chi connectivity index (χ1) is 7.13. The molecule has 0 aliphatic carbocycles. The first kappa shape index (κ1) is 15.0. The smallest absolute Gasteiger partial charge is 0.105 e. The van der Waals surface area contributed by atoms with Crippen LogP contribution < -0.4 is 5.73 Å². The van der Waals surface area contributed by atoms with Crippen LogP contribution >= 0.6 is 0 Å². The van der Waals surface area contributed by atoms with Crippen LogP contribution in [0.15, 0.2) is 0 Å². The minimum absolute atomic E-state index is 0.399. The average molecular weight is 211 g/mol. The third-order valence-electron chi connectivity index (χ3n) is 2.94. The molecule has 0 aromatic heterocycles. The summed E-state index contributed by atoms with van der Waals surface area (Å²) >= 11 is 0. The van der Waals surface area contributed by atoms with Crippen molar-refractivity contribution in [3.63, 3.8) is 0 Å². The number of hydrogen-bond donors (Lipinski definition) is 1. The predicted octanol–water partition coefficient (Wildman–Crippen LogP) is 3.29. The topological polar surface area (TPSA) is 26.0 Å². The Morgan fingerprint density at radius 3 is 1.60 bits per heavy atom. The molecule has 90 valence electrons. The van der Waals surface area contributed by atoms with Crippen LogP contribution in [0.1, 0.15) is 71.6 Å². The van der Waals surface area contributed by atoms with Crippen molar-refractivity contribution in [2.24, 2.45) is 5.73 Å². The van der Waals surface area contributed by atoms with Crippen LogP contribution in [0.2, 0.25) is 5.82 Å². The lowest BCUT2D eigenvalue weighted by Crippen LogP contribution is -2.13. The van der Waals surface area contributed by atoms with Crippen LogP contribution in [0.3, 0.4) is 0 Å². The van der Waals surface area contributed by atoms with E-state index >= 15 is 0 Å². The second kappa shape index (κ2) is 10.5. The molecule has 0 fully saturated rings. The van der Waals surface area contributed by atoms with Crippen molar-refractivity contribution in [1.82, 2.24) is 0 Å². The largest absolute Gasteiger partial charge is 0.328 e. The summed E-state index contributed by atoms with van der Waals surface area (Å²) in [4.78, 5) is 0. The molecule has 0 radical (unpaired) electrons. The quantitative estimate of drug-likeness (QED) is 0.435. The van der Waals surface area contributed by atoms with E-state index in [0.29, 0.717) is 6.04 Å². The van der Waals surface area contributed by atoms with Crippen LogP contribution in [-0.2, 0) is 0 Å². The summed E-state index contributed by atoms with van der Waals surface area (Å²) in [6.07, 6.45) is 12.5. The van der Waals surface area contributed by atoms with Crippen molar-refractivity contribution in [2.75, 3.05) is 0 Å². The van der Waals surface area contributed by atoms with Gasteiger partial charge in [-0.25, -0.2) is 0 Å². The van der Waals surface area contributed by atoms with E-state index in [4.69, 9.17) is 5.73 Å². The van der Waals surface area contributed by atoms with Crippen molar-refractivity contribution >= 4 is 7.85 Å². The van der Waals surface area contributed by atoms with Crippen molar-refractivity contribution in [3.05, 3.63) is 0 Å². The van der Waals surface area contributed by atoms with Gasteiger partial charge in [-0.05, 0) is 13.3 Å². The van der Waals surface area contributed by atoms with E-state index in [2.05, 4.69) is 21.7 Å². The molecule has 2 atom stereocenters. The zero-order valence-corrected chi connectivity index (χ0v) is 11.1. The van der Waals surface area contributed by atoms with Gasteiger partial charge >= 0.3 is 0 Å². The van der Waals surface area contributed by atoms with Gasteiger partial charge in [0.05, 0.1) is 0 Å². The molecule has 0 rings (SSSR count). The van der Waals surface area contributed by atoms with Gasteiger partial charge in [-0.1, -0.05) is 64.1 Å². The van der Waals surface area contributed by atoms with E-state index in [1.165, 1.54) is 57.8 Å². The minimum Gasteiger partial charge on any atom is -0.328 e. The Labute approximate surface area is 97.6 Å². The fourth-order valence-corrected chi connectivity index (χ4v) is 1.90. The van der Waals surface area contributed by atoms with Gasteiger partial charge in [0, 0.05) is 6.04 Å². The molecule has 2 unspecified atom stereocenters. The zero-order valence-electron chi connectivity index (χ0n) is 11.1. The molecule has 0 amide bonds. The molecule has 0 aromatic rings. The molecule has 0 bridgehead atoms. The van der Waals surface area contributed by atoms with Crippen molar-refractivity contribution in [3.8, 4) is 0 Å². The Hall–Kier alpha value is 0.0249. The molecule has 1 nitrogen and oxygen atoms in total.